The molecule has 2 aromatic carbocycles. The number of anilines is 1. The first-order valence-corrected chi connectivity index (χ1v) is 10.8. The van der Waals surface area contributed by atoms with E-state index in [4.69, 9.17) is 9.72 Å². The van der Waals surface area contributed by atoms with Gasteiger partial charge in [-0.2, -0.15) is 0 Å². The molecule has 0 bridgehead atoms. The average molecular weight is 419 g/mol. The number of hydrogen-bond donors (Lipinski definition) is 0. The van der Waals surface area contributed by atoms with Gasteiger partial charge in [-0.15, -0.1) is 11.3 Å². The second kappa shape index (κ2) is 7.84. The largest absolute Gasteiger partial charge is 0.495 e. The van der Waals surface area contributed by atoms with Crippen LogP contribution in [0.25, 0.3) is 16.2 Å². The molecular formula is C23H22N4O2S. The van der Waals surface area contributed by atoms with Crippen molar-refractivity contribution in [2.75, 3.05) is 38.2 Å². The van der Waals surface area contributed by atoms with Crippen LogP contribution in [0, 0.1) is 0 Å². The molecule has 0 atom stereocenters. The number of hydrogen-bond acceptors (Lipinski definition) is 5. The number of carbonyl (C=O) groups is 1. The molecule has 152 valence electrons. The third-order valence-electron chi connectivity index (χ3n) is 5.49. The molecule has 3 heterocycles. The van der Waals surface area contributed by atoms with Gasteiger partial charge in [-0.3, -0.25) is 9.20 Å². The summed E-state index contributed by atoms with van der Waals surface area (Å²) in [6.07, 6.45) is 1.96. The Labute approximate surface area is 179 Å². The van der Waals surface area contributed by atoms with Gasteiger partial charge in [0.05, 0.1) is 18.5 Å². The molecule has 6 nitrogen and oxygen atoms in total. The predicted octanol–water partition coefficient (Wildman–Crippen LogP) is 4.03. The van der Waals surface area contributed by atoms with E-state index in [9.17, 15) is 4.79 Å². The highest BCUT2D eigenvalue weighted by atomic mass is 32.1. The van der Waals surface area contributed by atoms with E-state index in [1.54, 1.807) is 7.11 Å². The van der Waals surface area contributed by atoms with E-state index >= 15 is 0 Å². The van der Waals surface area contributed by atoms with Crippen molar-refractivity contribution < 1.29 is 9.53 Å². The Morgan fingerprint density at radius 3 is 2.50 bits per heavy atom. The third kappa shape index (κ3) is 3.31. The van der Waals surface area contributed by atoms with Gasteiger partial charge >= 0.3 is 0 Å². The molecule has 30 heavy (non-hydrogen) atoms. The van der Waals surface area contributed by atoms with Gasteiger partial charge in [0.25, 0.3) is 5.91 Å². The van der Waals surface area contributed by atoms with E-state index in [2.05, 4.69) is 11.0 Å². The second-order valence-electron chi connectivity index (χ2n) is 7.22. The zero-order valence-corrected chi connectivity index (χ0v) is 17.5. The Morgan fingerprint density at radius 1 is 1.00 bits per heavy atom. The van der Waals surface area contributed by atoms with E-state index in [1.807, 2.05) is 69.4 Å². The molecule has 5 rings (SSSR count). The van der Waals surface area contributed by atoms with E-state index in [1.165, 1.54) is 11.3 Å². The normalized spacial score (nSPS) is 14.3. The summed E-state index contributed by atoms with van der Waals surface area (Å²) in [7, 11) is 1.69. The molecule has 0 aliphatic carbocycles. The quantitative estimate of drug-likeness (QED) is 0.502. The lowest BCUT2D eigenvalue weighted by atomic mass is 10.2. The van der Waals surface area contributed by atoms with Crippen molar-refractivity contribution >= 4 is 27.9 Å². The zero-order chi connectivity index (χ0) is 20.5. The summed E-state index contributed by atoms with van der Waals surface area (Å²) in [4.78, 5) is 23.0. The van der Waals surface area contributed by atoms with Crippen molar-refractivity contribution in [2.24, 2.45) is 0 Å². The predicted molar refractivity (Wildman–Crippen MR) is 120 cm³/mol. The number of methoxy groups -OCH3 is 1. The third-order valence-corrected chi connectivity index (χ3v) is 6.33. The second-order valence-corrected chi connectivity index (χ2v) is 8.05. The Morgan fingerprint density at radius 2 is 1.73 bits per heavy atom. The van der Waals surface area contributed by atoms with Crippen molar-refractivity contribution in [3.63, 3.8) is 0 Å². The summed E-state index contributed by atoms with van der Waals surface area (Å²) in [5, 5.41) is 1.91. The summed E-state index contributed by atoms with van der Waals surface area (Å²) in [6.45, 7) is 2.90. The molecule has 2 aromatic heterocycles. The molecule has 1 aliphatic rings. The number of carbonyl (C=O) groups excluding carboxylic acids is 1. The lowest BCUT2D eigenvalue weighted by Gasteiger charge is -2.36. The van der Waals surface area contributed by atoms with Crippen LogP contribution in [0.5, 0.6) is 5.75 Å². The van der Waals surface area contributed by atoms with Crippen LogP contribution in [-0.2, 0) is 0 Å². The summed E-state index contributed by atoms with van der Waals surface area (Å²) < 4.78 is 7.41. The fraction of sp³-hybridized carbons (Fsp3) is 0.217. The number of thiazole rings is 1. The van der Waals surface area contributed by atoms with Crippen molar-refractivity contribution in [1.82, 2.24) is 14.3 Å². The van der Waals surface area contributed by atoms with Crippen LogP contribution in [0.3, 0.4) is 0 Å². The number of imidazole rings is 1. The van der Waals surface area contributed by atoms with Crippen molar-refractivity contribution in [3.8, 4) is 17.0 Å². The molecule has 0 unspecified atom stereocenters. The van der Waals surface area contributed by atoms with Gasteiger partial charge in [-0.05, 0) is 12.1 Å². The van der Waals surface area contributed by atoms with Gasteiger partial charge in [0, 0.05) is 43.3 Å². The van der Waals surface area contributed by atoms with Gasteiger partial charge in [0.15, 0.2) is 4.96 Å². The molecular weight excluding hydrogens is 396 g/mol. The molecule has 0 radical (unpaired) electrons. The lowest BCUT2D eigenvalue weighted by molar-refractivity contribution is 0.0740. The van der Waals surface area contributed by atoms with Crippen molar-refractivity contribution in [1.29, 1.82) is 0 Å². The maximum atomic E-state index is 13.2. The van der Waals surface area contributed by atoms with E-state index in [-0.39, 0.29) is 5.91 Å². The summed E-state index contributed by atoms with van der Waals surface area (Å²) in [6, 6.07) is 18.1. The highest BCUT2D eigenvalue weighted by molar-refractivity contribution is 7.15. The standard InChI is InChI=1S/C23H22N4O2S/c1-29-21-10-6-5-9-19(21)25-11-13-26(14-12-25)22(28)20-16-30-23-24-18(15-27(20)23)17-7-3-2-4-8-17/h2-10,15-16H,11-14H2,1H3. The van der Waals surface area contributed by atoms with Crippen molar-refractivity contribution in [3.05, 3.63) is 71.9 Å². The van der Waals surface area contributed by atoms with Crippen LogP contribution in [0.2, 0.25) is 0 Å². The number of amides is 1. The first-order valence-electron chi connectivity index (χ1n) is 9.94. The Bertz CT molecular complexity index is 1180. The number of piperazine rings is 1. The van der Waals surface area contributed by atoms with Gasteiger partial charge < -0.3 is 14.5 Å². The van der Waals surface area contributed by atoms with Gasteiger partial charge in [0.2, 0.25) is 0 Å². The Kier molecular flexibility index (Phi) is 4.88. The molecule has 0 saturated carbocycles. The molecule has 7 heteroatoms. The zero-order valence-electron chi connectivity index (χ0n) is 16.7. The van der Waals surface area contributed by atoms with Gasteiger partial charge in [-0.1, -0.05) is 42.5 Å². The first-order chi connectivity index (χ1) is 14.7. The highest BCUT2D eigenvalue weighted by Crippen LogP contribution is 2.29. The minimum absolute atomic E-state index is 0.0536. The SMILES string of the molecule is COc1ccccc1N1CCN(C(=O)c2csc3nc(-c4ccccc4)cn23)CC1. The minimum atomic E-state index is 0.0536. The Hall–Kier alpha value is -3.32. The summed E-state index contributed by atoms with van der Waals surface area (Å²) >= 11 is 1.50. The number of ether oxygens (including phenoxy) is 1. The van der Waals surface area contributed by atoms with E-state index in [0.717, 1.165) is 40.7 Å². The number of fused-ring (bicyclic) bond motifs is 1. The molecule has 1 aliphatic heterocycles. The molecule has 1 saturated heterocycles. The fourth-order valence-corrected chi connectivity index (χ4v) is 4.74. The van der Waals surface area contributed by atoms with Crippen molar-refractivity contribution in [2.45, 2.75) is 0 Å². The van der Waals surface area contributed by atoms with Crippen LogP contribution in [0.4, 0.5) is 5.69 Å². The van der Waals surface area contributed by atoms with Crippen LogP contribution >= 0.6 is 11.3 Å². The number of nitrogens with zero attached hydrogens (tertiary/aromatic N) is 4. The van der Waals surface area contributed by atoms with Crippen LogP contribution in [0.1, 0.15) is 10.5 Å². The highest BCUT2D eigenvalue weighted by Gasteiger charge is 2.26. The van der Waals surface area contributed by atoms with Crippen LogP contribution in [0.15, 0.2) is 66.2 Å². The molecule has 1 fully saturated rings. The number of aromatic nitrogens is 2. The van der Waals surface area contributed by atoms with E-state index in [0.29, 0.717) is 18.8 Å². The average Bonchev–Trinajstić information content (AvgIpc) is 3.40. The first kappa shape index (κ1) is 18.7. The monoisotopic (exact) mass is 418 g/mol. The lowest BCUT2D eigenvalue weighted by Crippen LogP contribution is -2.49. The van der Waals surface area contributed by atoms with E-state index < -0.39 is 0 Å². The Balaban J connectivity index is 1.33. The fourth-order valence-electron chi connectivity index (χ4n) is 3.89. The molecule has 1 amide bonds. The summed E-state index contributed by atoms with van der Waals surface area (Å²) in [5.74, 6) is 0.918. The maximum absolute atomic E-state index is 13.2. The number of para-hydroxylation sites is 2. The smallest absolute Gasteiger partial charge is 0.271 e. The van der Waals surface area contributed by atoms with Gasteiger partial charge in [0.1, 0.15) is 11.4 Å². The van der Waals surface area contributed by atoms with Crippen LogP contribution < -0.4 is 9.64 Å². The number of benzene rings is 2. The summed E-state index contributed by atoms with van der Waals surface area (Å²) in [5.41, 5.74) is 3.69. The topological polar surface area (TPSA) is 50.1 Å². The van der Waals surface area contributed by atoms with Gasteiger partial charge in [-0.25, -0.2) is 4.98 Å². The minimum Gasteiger partial charge on any atom is -0.495 e. The molecule has 0 N–H and O–H groups in total. The van der Waals surface area contributed by atoms with Crippen LogP contribution in [-0.4, -0.2) is 53.5 Å². The molecule has 4 aromatic rings. The molecule has 0 spiro atoms. The number of rotatable bonds is 4. The maximum Gasteiger partial charge on any atom is 0.271 e.